The van der Waals surface area contributed by atoms with E-state index in [4.69, 9.17) is 5.11 Å². The summed E-state index contributed by atoms with van der Waals surface area (Å²) in [5.41, 5.74) is 2.22. The highest BCUT2D eigenvalue weighted by Crippen LogP contribution is 2.08. The van der Waals surface area contributed by atoms with Gasteiger partial charge in [-0.15, -0.1) is 5.10 Å². The van der Waals surface area contributed by atoms with Crippen molar-refractivity contribution in [2.24, 2.45) is 0 Å². The molecule has 0 radical (unpaired) electrons. The summed E-state index contributed by atoms with van der Waals surface area (Å²) >= 11 is 0. The van der Waals surface area contributed by atoms with Crippen LogP contribution < -0.4 is 5.32 Å². The van der Waals surface area contributed by atoms with Crippen molar-refractivity contribution in [3.05, 3.63) is 41.7 Å². The van der Waals surface area contributed by atoms with Crippen LogP contribution in [0.5, 0.6) is 0 Å². The van der Waals surface area contributed by atoms with Crippen LogP contribution in [0.2, 0.25) is 0 Å². The third kappa shape index (κ3) is 2.72. The van der Waals surface area contributed by atoms with Crippen molar-refractivity contribution in [2.45, 2.75) is 6.92 Å². The molecular formula is C12H14N4O2. The van der Waals surface area contributed by atoms with Gasteiger partial charge in [0.05, 0.1) is 18.5 Å². The van der Waals surface area contributed by atoms with E-state index < -0.39 is 0 Å². The molecular weight excluding hydrogens is 232 g/mol. The molecule has 0 atom stereocenters. The number of amides is 1. The number of hydrogen-bond acceptors (Lipinski definition) is 4. The standard InChI is InChI=1S/C12H14N4O2/c1-9-2-4-10(5-3-9)16-8-11(14-15-16)12(18)13-6-7-17/h2-5,8,17H,6-7H2,1H3,(H,13,18). The number of carbonyl (C=O) groups excluding carboxylic acids is 1. The van der Waals surface area contributed by atoms with Gasteiger partial charge in [-0.05, 0) is 19.1 Å². The summed E-state index contributed by atoms with van der Waals surface area (Å²) in [6, 6.07) is 7.73. The molecule has 2 aromatic rings. The second kappa shape index (κ2) is 5.42. The first-order valence-corrected chi connectivity index (χ1v) is 5.59. The second-order valence-electron chi connectivity index (χ2n) is 3.86. The zero-order valence-corrected chi connectivity index (χ0v) is 10.00. The zero-order chi connectivity index (χ0) is 13.0. The summed E-state index contributed by atoms with van der Waals surface area (Å²) in [5.74, 6) is -0.345. The molecule has 0 unspecified atom stereocenters. The smallest absolute Gasteiger partial charge is 0.273 e. The number of benzene rings is 1. The summed E-state index contributed by atoms with van der Waals surface area (Å²) in [6.45, 7) is 2.10. The van der Waals surface area contributed by atoms with Crippen LogP contribution in [0.15, 0.2) is 30.5 Å². The lowest BCUT2D eigenvalue weighted by molar-refractivity contribution is 0.0939. The maximum Gasteiger partial charge on any atom is 0.273 e. The number of nitrogens with one attached hydrogen (secondary N) is 1. The molecule has 94 valence electrons. The summed E-state index contributed by atoms with van der Waals surface area (Å²) in [6.07, 6.45) is 1.55. The van der Waals surface area contributed by atoms with Gasteiger partial charge >= 0.3 is 0 Å². The van der Waals surface area contributed by atoms with E-state index in [0.717, 1.165) is 11.3 Å². The van der Waals surface area contributed by atoms with Crippen LogP contribution in [0.4, 0.5) is 0 Å². The van der Waals surface area contributed by atoms with Crippen LogP contribution in [0.1, 0.15) is 16.1 Å². The van der Waals surface area contributed by atoms with Gasteiger partial charge in [0.2, 0.25) is 0 Å². The number of aliphatic hydroxyl groups is 1. The number of carbonyl (C=O) groups is 1. The molecule has 18 heavy (non-hydrogen) atoms. The fourth-order valence-corrected chi connectivity index (χ4v) is 1.45. The third-order valence-corrected chi connectivity index (χ3v) is 2.42. The van der Waals surface area contributed by atoms with E-state index in [9.17, 15) is 4.79 Å². The number of aliphatic hydroxyl groups excluding tert-OH is 1. The largest absolute Gasteiger partial charge is 0.395 e. The molecule has 6 nitrogen and oxygen atoms in total. The van der Waals surface area contributed by atoms with E-state index in [2.05, 4.69) is 15.6 Å². The minimum absolute atomic E-state index is 0.0994. The maximum absolute atomic E-state index is 11.6. The highest BCUT2D eigenvalue weighted by atomic mass is 16.3. The van der Waals surface area contributed by atoms with Crippen LogP contribution in [0.3, 0.4) is 0 Å². The lowest BCUT2D eigenvalue weighted by Crippen LogP contribution is -2.26. The Morgan fingerprint density at radius 1 is 1.39 bits per heavy atom. The first kappa shape index (κ1) is 12.3. The fourth-order valence-electron chi connectivity index (χ4n) is 1.45. The van der Waals surface area contributed by atoms with Crippen molar-refractivity contribution in [3.63, 3.8) is 0 Å². The first-order valence-electron chi connectivity index (χ1n) is 5.59. The van der Waals surface area contributed by atoms with Crippen LogP contribution in [-0.4, -0.2) is 39.2 Å². The predicted molar refractivity (Wildman–Crippen MR) is 65.5 cm³/mol. The summed E-state index contributed by atoms with van der Waals surface area (Å²) in [7, 11) is 0. The zero-order valence-electron chi connectivity index (χ0n) is 10.00. The topological polar surface area (TPSA) is 80.0 Å². The fraction of sp³-hybridized carbons (Fsp3) is 0.250. The molecule has 1 heterocycles. The molecule has 0 fully saturated rings. The SMILES string of the molecule is Cc1ccc(-n2cc(C(=O)NCCO)nn2)cc1. The molecule has 2 rings (SSSR count). The average molecular weight is 246 g/mol. The summed E-state index contributed by atoms with van der Waals surface area (Å²) < 4.78 is 1.54. The van der Waals surface area contributed by atoms with E-state index in [-0.39, 0.29) is 24.8 Å². The Morgan fingerprint density at radius 2 is 2.11 bits per heavy atom. The van der Waals surface area contributed by atoms with Crippen molar-refractivity contribution in [2.75, 3.05) is 13.2 Å². The molecule has 6 heteroatoms. The first-order chi connectivity index (χ1) is 8.70. The minimum atomic E-state index is -0.345. The molecule has 0 saturated carbocycles. The Kier molecular flexibility index (Phi) is 3.69. The molecule has 0 saturated heterocycles. The molecule has 2 N–H and O–H groups in total. The Bertz CT molecular complexity index is 533. The van der Waals surface area contributed by atoms with E-state index in [0.29, 0.717) is 0 Å². The van der Waals surface area contributed by atoms with E-state index in [1.54, 1.807) is 6.20 Å². The van der Waals surface area contributed by atoms with Crippen LogP contribution in [0.25, 0.3) is 5.69 Å². The summed E-state index contributed by atoms with van der Waals surface area (Å²) in [4.78, 5) is 11.6. The third-order valence-electron chi connectivity index (χ3n) is 2.42. The van der Waals surface area contributed by atoms with E-state index >= 15 is 0 Å². The molecule has 0 bridgehead atoms. The van der Waals surface area contributed by atoms with Crippen LogP contribution >= 0.6 is 0 Å². The van der Waals surface area contributed by atoms with Gasteiger partial charge in [0.25, 0.3) is 5.91 Å². The number of nitrogens with zero attached hydrogens (tertiary/aromatic N) is 3. The maximum atomic E-state index is 11.6. The molecule has 0 spiro atoms. The van der Waals surface area contributed by atoms with Gasteiger partial charge in [-0.2, -0.15) is 0 Å². The van der Waals surface area contributed by atoms with Crippen molar-refractivity contribution in [1.82, 2.24) is 20.3 Å². The monoisotopic (exact) mass is 246 g/mol. The lowest BCUT2D eigenvalue weighted by atomic mass is 10.2. The Hall–Kier alpha value is -2.21. The van der Waals surface area contributed by atoms with Crippen molar-refractivity contribution < 1.29 is 9.90 Å². The van der Waals surface area contributed by atoms with E-state index in [1.807, 2.05) is 31.2 Å². The highest BCUT2D eigenvalue weighted by Gasteiger charge is 2.10. The number of aryl methyl sites for hydroxylation is 1. The summed E-state index contributed by atoms with van der Waals surface area (Å²) in [5, 5.41) is 18.8. The van der Waals surface area contributed by atoms with Gasteiger partial charge in [0.15, 0.2) is 5.69 Å². The van der Waals surface area contributed by atoms with Gasteiger partial charge in [-0.3, -0.25) is 4.79 Å². The lowest BCUT2D eigenvalue weighted by Gasteiger charge is -2.00. The molecule has 1 amide bonds. The van der Waals surface area contributed by atoms with Gasteiger partial charge in [0, 0.05) is 6.54 Å². The van der Waals surface area contributed by atoms with Gasteiger partial charge in [-0.1, -0.05) is 22.9 Å². The quantitative estimate of drug-likeness (QED) is 0.813. The molecule has 1 aromatic heterocycles. The van der Waals surface area contributed by atoms with Gasteiger partial charge in [-0.25, -0.2) is 4.68 Å². The van der Waals surface area contributed by atoms with E-state index in [1.165, 1.54) is 4.68 Å². The molecule has 0 aliphatic carbocycles. The predicted octanol–water partition coefficient (Wildman–Crippen LogP) is 0.298. The average Bonchev–Trinajstić information content (AvgIpc) is 2.86. The van der Waals surface area contributed by atoms with Crippen molar-refractivity contribution in [1.29, 1.82) is 0 Å². The van der Waals surface area contributed by atoms with Crippen molar-refractivity contribution in [3.8, 4) is 5.69 Å². The molecule has 0 aliphatic rings. The Balaban J connectivity index is 2.15. The van der Waals surface area contributed by atoms with Crippen LogP contribution in [0, 0.1) is 6.92 Å². The number of rotatable bonds is 4. The molecule has 0 aliphatic heterocycles. The normalized spacial score (nSPS) is 10.3. The van der Waals surface area contributed by atoms with Crippen LogP contribution in [-0.2, 0) is 0 Å². The Morgan fingerprint density at radius 3 is 2.78 bits per heavy atom. The Labute approximate surface area is 104 Å². The minimum Gasteiger partial charge on any atom is -0.395 e. The molecule has 1 aromatic carbocycles. The highest BCUT2D eigenvalue weighted by molar-refractivity contribution is 5.91. The number of hydrogen-bond donors (Lipinski definition) is 2. The van der Waals surface area contributed by atoms with Gasteiger partial charge < -0.3 is 10.4 Å². The second-order valence-corrected chi connectivity index (χ2v) is 3.86. The van der Waals surface area contributed by atoms with Crippen molar-refractivity contribution >= 4 is 5.91 Å². The van der Waals surface area contributed by atoms with Gasteiger partial charge in [0.1, 0.15) is 0 Å². The number of aromatic nitrogens is 3.